The van der Waals surface area contributed by atoms with Gasteiger partial charge in [0.25, 0.3) is 0 Å². The normalized spacial score (nSPS) is 10.9. The van der Waals surface area contributed by atoms with E-state index < -0.39 is 0 Å². The smallest absolute Gasteiger partial charge is 0.196 e. The third kappa shape index (κ3) is 3.04. The number of aromatic nitrogens is 3. The van der Waals surface area contributed by atoms with Crippen LogP contribution in [0.5, 0.6) is 0 Å². The fourth-order valence-corrected chi connectivity index (χ4v) is 3.05. The summed E-state index contributed by atoms with van der Waals surface area (Å²) in [5.41, 5.74) is 3.87. The molecule has 25 heavy (non-hydrogen) atoms. The number of carbonyl (C=O) groups excluding carboxylic acids is 1. The lowest BCUT2D eigenvalue weighted by Crippen LogP contribution is -2.01. The Kier molecular flexibility index (Phi) is 4.04. The molecular formula is C20H14ClN3O. The van der Waals surface area contributed by atoms with Crippen LogP contribution in [0.25, 0.3) is 11.0 Å². The molecule has 0 unspecified atom stereocenters. The molecule has 0 atom stereocenters. The van der Waals surface area contributed by atoms with Crippen LogP contribution in [0.15, 0.2) is 67.3 Å². The van der Waals surface area contributed by atoms with Gasteiger partial charge in [-0.25, -0.2) is 4.98 Å². The van der Waals surface area contributed by atoms with E-state index in [0.717, 1.165) is 21.5 Å². The first-order chi connectivity index (χ1) is 12.2. The van der Waals surface area contributed by atoms with Crippen LogP contribution in [0, 0.1) is 0 Å². The van der Waals surface area contributed by atoms with Crippen LogP contribution in [0.4, 0.5) is 0 Å². The lowest BCUT2D eigenvalue weighted by Gasteiger charge is -2.05. The predicted octanol–water partition coefficient (Wildman–Crippen LogP) is 4.43. The molecule has 4 aromatic rings. The summed E-state index contributed by atoms with van der Waals surface area (Å²) < 4.78 is 0. The molecule has 0 bridgehead atoms. The molecule has 4 rings (SSSR count). The number of carbonyl (C=O) groups is 1. The van der Waals surface area contributed by atoms with Crippen molar-refractivity contribution in [2.45, 2.75) is 6.42 Å². The number of hydrogen-bond acceptors (Lipinski definition) is 3. The van der Waals surface area contributed by atoms with Gasteiger partial charge in [0, 0.05) is 52.7 Å². The van der Waals surface area contributed by atoms with Crippen molar-refractivity contribution in [2.24, 2.45) is 0 Å². The Hall–Kier alpha value is -2.98. The van der Waals surface area contributed by atoms with Crippen LogP contribution in [0.2, 0.25) is 5.02 Å². The van der Waals surface area contributed by atoms with Crippen LogP contribution in [0.1, 0.15) is 27.0 Å². The van der Waals surface area contributed by atoms with E-state index in [-0.39, 0.29) is 5.78 Å². The summed E-state index contributed by atoms with van der Waals surface area (Å²) in [6.07, 6.45) is 7.39. The zero-order chi connectivity index (χ0) is 17.2. The zero-order valence-corrected chi connectivity index (χ0v) is 14.0. The molecule has 1 aromatic carbocycles. The molecule has 0 radical (unpaired) electrons. The number of H-pyrrole nitrogens is 1. The molecule has 3 aromatic heterocycles. The SMILES string of the molecule is O=C(c1cccnc1)c1c[nH]c2ncc(Cc3ccccc3Cl)cc12. The molecule has 4 nitrogen and oxygen atoms in total. The fraction of sp³-hybridized carbons (Fsp3) is 0.0500. The van der Waals surface area contributed by atoms with Crippen LogP contribution >= 0.6 is 11.6 Å². The van der Waals surface area contributed by atoms with Crippen molar-refractivity contribution < 1.29 is 4.79 Å². The quantitative estimate of drug-likeness (QED) is 0.555. The number of pyridine rings is 2. The van der Waals surface area contributed by atoms with Crippen molar-refractivity contribution in [1.82, 2.24) is 15.0 Å². The third-order valence-electron chi connectivity index (χ3n) is 4.11. The summed E-state index contributed by atoms with van der Waals surface area (Å²) in [7, 11) is 0. The maximum atomic E-state index is 12.7. The van der Waals surface area contributed by atoms with Crippen molar-refractivity contribution in [3.63, 3.8) is 0 Å². The van der Waals surface area contributed by atoms with Gasteiger partial charge in [-0.15, -0.1) is 0 Å². The summed E-state index contributed by atoms with van der Waals surface area (Å²) >= 11 is 6.25. The molecule has 5 heteroatoms. The molecule has 3 heterocycles. The van der Waals surface area contributed by atoms with Gasteiger partial charge in [-0.3, -0.25) is 9.78 Å². The van der Waals surface area contributed by atoms with E-state index in [9.17, 15) is 4.79 Å². The highest BCUT2D eigenvalue weighted by molar-refractivity contribution is 6.31. The Labute approximate surface area is 149 Å². The fourth-order valence-electron chi connectivity index (χ4n) is 2.85. The minimum atomic E-state index is -0.0731. The highest BCUT2D eigenvalue weighted by Gasteiger charge is 2.15. The molecule has 122 valence electrons. The molecule has 0 aliphatic carbocycles. The van der Waals surface area contributed by atoms with E-state index in [1.165, 1.54) is 0 Å². The first kappa shape index (κ1) is 15.5. The summed E-state index contributed by atoms with van der Waals surface area (Å²) in [5, 5.41) is 1.53. The van der Waals surface area contributed by atoms with Gasteiger partial charge in [-0.05, 0) is 35.4 Å². The monoisotopic (exact) mass is 347 g/mol. The van der Waals surface area contributed by atoms with Gasteiger partial charge < -0.3 is 4.98 Å². The van der Waals surface area contributed by atoms with E-state index in [1.807, 2.05) is 30.3 Å². The Morgan fingerprint density at radius 3 is 2.80 bits per heavy atom. The molecule has 0 saturated heterocycles. The van der Waals surface area contributed by atoms with E-state index >= 15 is 0 Å². The van der Waals surface area contributed by atoms with E-state index in [2.05, 4.69) is 15.0 Å². The predicted molar refractivity (Wildman–Crippen MR) is 98.0 cm³/mol. The van der Waals surface area contributed by atoms with Gasteiger partial charge in [-0.1, -0.05) is 29.8 Å². The second-order valence-electron chi connectivity index (χ2n) is 5.78. The maximum absolute atomic E-state index is 12.7. The molecule has 0 aliphatic heterocycles. The third-order valence-corrected chi connectivity index (χ3v) is 4.48. The molecule has 0 fully saturated rings. The molecular weight excluding hydrogens is 334 g/mol. The standard InChI is InChI=1S/C20H14ClN3O/c21-18-6-2-1-4-14(18)8-13-9-16-17(12-24-20(16)23-10-13)19(25)15-5-3-7-22-11-15/h1-7,9-12H,8H2,(H,23,24). The number of nitrogens with zero attached hydrogens (tertiary/aromatic N) is 2. The molecule has 0 amide bonds. The van der Waals surface area contributed by atoms with E-state index in [4.69, 9.17) is 11.6 Å². The first-order valence-electron chi connectivity index (χ1n) is 7.86. The number of halogens is 1. The van der Waals surface area contributed by atoms with Crippen LogP contribution in [-0.2, 0) is 6.42 Å². The molecule has 0 aliphatic rings. The number of aromatic amines is 1. The molecule has 0 saturated carbocycles. The second-order valence-corrected chi connectivity index (χ2v) is 6.19. The van der Waals surface area contributed by atoms with Gasteiger partial charge in [0.1, 0.15) is 5.65 Å². The Morgan fingerprint density at radius 1 is 1.12 bits per heavy atom. The highest BCUT2D eigenvalue weighted by Crippen LogP contribution is 2.24. The van der Waals surface area contributed by atoms with Crippen molar-refractivity contribution >= 4 is 28.4 Å². The number of fused-ring (bicyclic) bond motifs is 1. The number of ketones is 1. The van der Waals surface area contributed by atoms with Gasteiger partial charge in [0.2, 0.25) is 0 Å². The van der Waals surface area contributed by atoms with Gasteiger partial charge in [-0.2, -0.15) is 0 Å². The van der Waals surface area contributed by atoms with Crippen molar-refractivity contribution in [3.8, 4) is 0 Å². The van der Waals surface area contributed by atoms with Crippen molar-refractivity contribution in [2.75, 3.05) is 0 Å². The highest BCUT2D eigenvalue weighted by atomic mass is 35.5. The topological polar surface area (TPSA) is 58.6 Å². The second kappa shape index (κ2) is 6.49. The summed E-state index contributed by atoms with van der Waals surface area (Å²) in [4.78, 5) is 24.3. The average Bonchev–Trinajstić information content (AvgIpc) is 3.07. The van der Waals surface area contributed by atoms with Crippen molar-refractivity contribution in [1.29, 1.82) is 0 Å². The first-order valence-corrected chi connectivity index (χ1v) is 8.24. The summed E-state index contributed by atoms with van der Waals surface area (Å²) in [6, 6.07) is 13.2. The van der Waals surface area contributed by atoms with E-state index in [1.54, 1.807) is 36.9 Å². The maximum Gasteiger partial charge on any atom is 0.196 e. The number of rotatable bonds is 4. The molecule has 0 spiro atoms. The minimum Gasteiger partial charge on any atom is -0.345 e. The summed E-state index contributed by atoms with van der Waals surface area (Å²) in [5.74, 6) is -0.0731. The number of hydrogen-bond donors (Lipinski definition) is 1. The average molecular weight is 348 g/mol. The lowest BCUT2D eigenvalue weighted by atomic mass is 10.0. The zero-order valence-electron chi connectivity index (χ0n) is 13.2. The van der Waals surface area contributed by atoms with Crippen LogP contribution in [0.3, 0.4) is 0 Å². The van der Waals surface area contributed by atoms with Crippen molar-refractivity contribution in [3.05, 3.63) is 94.5 Å². The Balaban J connectivity index is 1.73. The summed E-state index contributed by atoms with van der Waals surface area (Å²) in [6.45, 7) is 0. The largest absolute Gasteiger partial charge is 0.345 e. The number of nitrogens with one attached hydrogen (secondary N) is 1. The van der Waals surface area contributed by atoms with Gasteiger partial charge in [0.15, 0.2) is 5.78 Å². The Bertz CT molecular complexity index is 1060. The lowest BCUT2D eigenvalue weighted by molar-refractivity contribution is 0.104. The molecule has 1 N–H and O–H groups in total. The van der Waals surface area contributed by atoms with Crippen LogP contribution in [-0.4, -0.2) is 20.7 Å². The van der Waals surface area contributed by atoms with Crippen LogP contribution < -0.4 is 0 Å². The Morgan fingerprint density at radius 2 is 2.00 bits per heavy atom. The van der Waals surface area contributed by atoms with E-state index in [0.29, 0.717) is 23.2 Å². The minimum absolute atomic E-state index is 0.0731. The van der Waals surface area contributed by atoms with Gasteiger partial charge >= 0.3 is 0 Å². The number of benzene rings is 1. The van der Waals surface area contributed by atoms with Gasteiger partial charge in [0.05, 0.1) is 0 Å².